The zero-order valence-electron chi connectivity index (χ0n) is 14.2. The van der Waals surface area contributed by atoms with Gasteiger partial charge in [-0.15, -0.1) is 0 Å². The molecular formula is C16H26N4O4. The molecule has 1 saturated heterocycles. The maximum Gasteiger partial charge on any atom is 0.325 e. The molecule has 8 heteroatoms. The number of urea groups is 2. The van der Waals surface area contributed by atoms with E-state index < -0.39 is 30.1 Å². The van der Waals surface area contributed by atoms with E-state index in [9.17, 15) is 19.2 Å². The molecule has 1 aliphatic carbocycles. The quantitative estimate of drug-likeness (QED) is 0.671. The molecule has 0 bridgehead atoms. The summed E-state index contributed by atoms with van der Waals surface area (Å²) < 4.78 is 0. The van der Waals surface area contributed by atoms with Crippen LogP contribution in [0, 0.1) is 0 Å². The number of carbonyl (C=O) groups excluding carboxylic acids is 4. The van der Waals surface area contributed by atoms with E-state index in [0.717, 1.165) is 43.4 Å². The molecule has 1 heterocycles. The SMILES string of the molecule is CCCNC(=O)NC(=O)CN1C(=O)NC2(CCCCCCC2)C1=O. The van der Waals surface area contributed by atoms with Crippen LogP contribution >= 0.6 is 0 Å². The second-order valence-electron chi connectivity index (χ2n) is 6.48. The lowest BCUT2D eigenvalue weighted by atomic mass is 9.84. The molecule has 1 saturated carbocycles. The molecule has 3 N–H and O–H groups in total. The van der Waals surface area contributed by atoms with E-state index in [2.05, 4.69) is 16.0 Å². The van der Waals surface area contributed by atoms with Crippen molar-refractivity contribution in [2.75, 3.05) is 13.1 Å². The summed E-state index contributed by atoms with van der Waals surface area (Å²) in [4.78, 5) is 49.2. The second-order valence-corrected chi connectivity index (χ2v) is 6.48. The topological polar surface area (TPSA) is 108 Å². The Bertz CT molecular complexity index is 512. The fraction of sp³-hybridized carbons (Fsp3) is 0.750. The fourth-order valence-corrected chi connectivity index (χ4v) is 3.26. The molecule has 0 radical (unpaired) electrons. The number of imide groups is 2. The molecule has 0 aromatic heterocycles. The van der Waals surface area contributed by atoms with E-state index in [1.54, 1.807) is 0 Å². The average molecular weight is 338 g/mol. The van der Waals surface area contributed by atoms with Gasteiger partial charge in [-0.1, -0.05) is 39.0 Å². The van der Waals surface area contributed by atoms with Gasteiger partial charge in [0.2, 0.25) is 5.91 Å². The molecule has 0 aromatic carbocycles. The number of carbonyl (C=O) groups is 4. The van der Waals surface area contributed by atoms with Gasteiger partial charge in [-0.3, -0.25) is 19.8 Å². The highest BCUT2D eigenvalue weighted by atomic mass is 16.2. The van der Waals surface area contributed by atoms with E-state index in [0.29, 0.717) is 19.4 Å². The Balaban J connectivity index is 1.95. The van der Waals surface area contributed by atoms with Crippen molar-refractivity contribution < 1.29 is 19.2 Å². The Kier molecular flexibility index (Phi) is 6.16. The van der Waals surface area contributed by atoms with Gasteiger partial charge in [-0.2, -0.15) is 0 Å². The third-order valence-corrected chi connectivity index (χ3v) is 4.54. The van der Waals surface area contributed by atoms with Gasteiger partial charge in [-0.05, 0) is 19.3 Å². The minimum atomic E-state index is -0.873. The number of hydrogen-bond acceptors (Lipinski definition) is 4. The van der Waals surface area contributed by atoms with Crippen molar-refractivity contribution in [2.24, 2.45) is 0 Å². The highest BCUT2D eigenvalue weighted by Gasteiger charge is 2.50. The first kappa shape index (κ1) is 18.2. The summed E-state index contributed by atoms with van der Waals surface area (Å²) in [5.74, 6) is -1.02. The lowest BCUT2D eigenvalue weighted by Crippen LogP contribution is -2.49. The predicted molar refractivity (Wildman–Crippen MR) is 87.1 cm³/mol. The van der Waals surface area contributed by atoms with Crippen LogP contribution in [0.3, 0.4) is 0 Å². The summed E-state index contributed by atoms with van der Waals surface area (Å²) in [6.45, 7) is 1.90. The summed E-state index contributed by atoms with van der Waals surface area (Å²) in [6, 6.07) is -1.17. The minimum Gasteiger partial charge on any atom is -0.338 e. The van der Waals surface area contributed by atoms with Crippen molar-refractivity contribution in [1.82, 2.24) is 20.9 Å². The highest BCUT2D eigenvalue weighted by molar-refractivity contribution is 6.10. The average Bonchev–Trinajstić information content (AvgIpc) is 2.74. The normalized spacial score (nSPS) is 20.3. The van der Waals surface area contributed by atoms with E-state index >= 15 is 0 Å². The van der Waals surface area contributed by atoms with Crippen molar-refractivity contribution in [3.8, 4) is 0 Å². The smallest absolute Gasteiger partial charge is 0.325 e. The van der Waals surface area contributed by atoms with Crippen molar-refractivity contribution in [3.63, 3.8) is 0 Å². The molecule has 1 spiro atoms. The Morgan fingerprint density at radius 1 is 1.12 bits per heavy atom. The van der Waals surface area contributed by atoms with Crippen LogP contribution < -0.4 is 16.0 Å². The number of hydrogen-bond donors (Lipinski definition) is 3. The van der Waals surface area contributed by atoms with Crippen LogP contribution in [0.1, 0.15) is 58.3 Å². The lowest BCUT2D eigenvalue weighted by Gasteiger charge is -2.28. The maximum atomic E-state index is 12.7. The zero-order chi connectivity index (χ0) is 17.6. The Hall–Kier alpha value is -2.12. The van der Waals surface area contributed by atoms with Gasteiger partial charge in [0.15, 0.2) is 0 Å². The molecule has 134 valence electrons. The largest absolute Gasteiger partial charge is 0.338 e. The molecule has 0 aromatic rings. The number of nitrogens with one attached hydrogen (secondary N) is 3. The molecule has 2 rings (SSSR count). The van der Waals surface area contributed by atoms with Gasteiger partial charge in [0.25, 0.3) is 5.91 Å². The van der Waals surface area contributed by atoms with Gasteiger partial charge in [-0.25, -0.2) is 9.59 Å². The molecule has 0 unspecified atom stereocenters. The van der Waals surface area contributed by atoms with Crippen LogP contribution in [-0.4, -0.2) is 47.4 Å². The van der Waals surface area contributed by atoms with Crippen LogP contribution in [0.4, 0.5) is 9.59 Å². The Morgan fingerprint density at radius 2 is 1.75 bits per heavy atom. The third kappa shape index (κ3) is 4.24. The summed E-state index contributed by atoms with van der Waals surface area (Å²) in [5, 5.41) is 7.43. The van der Waals surface area contributed by atoms with Gasteiger partial charge >= 0.3 is 12.1 Å². The first-order chi connectivity index (χ1) is 11.5. The summed E-state index contributed by atoms with van der Waals surface area (Å²) in [7, 11) is 0. The fourth-order valence-electron chi connectivity index (χ4n) is 3.26. The molecule has 8 nitrogen and oxygen atoms in total. The maximum absolute atomic E-state index is 12.7. The van der Waals surface area contributed by atoms with Gasteiger partial charge in [0, 0.05) is 6.54 Å². The molecule has 0 atom stereocenters. The monoisotopic (exact) mass is 338 g/mol. The van der Waals surface area contributed by atoms with E-state index in [1.165, 1.54) is 0 Å². The van der Waals surface area contributed by atoms with E-state index in [1.807, 2.05) is 6.92 Å². The number of amides is 6. The van der Waals surface area contributed by atoms with Gasteiger partial charge in [0.1, 0.15) is 12.1 Å². The van der Waals surface area contributed by atoms with Crippen LogP contribution in [-0.2, 0) is 9.59 Å². The lowest BCUT2D eigenvalue weighted by molar-refractivity contribution is -0.135. The minimum absolute atomic E-state index is 0.349. The first-order valence-corrected chi connectivity index (χ1v) is 8.70. The van der Waals surface area contributed by atoms with E-state index in [4.69, 9.17) is 0 Å². The van der Waals surface area contributed by atoms with Crippen LogP contribution in [0.25, 0.3) is 0 Å². The zero-order valence-corrected chi connectivity index (χ0v) is 14.2. The van der Waals surface area contributed by atoms with Gasteiger partial charge < -0.3 is 10.6 Å². The van der Waals surface area contributed by atoms with Gasteiger partial charge in [0.05, 0.1) is 0 Å². The van der Waals surface area contributed by atoms with Crippen molar-refractivity contribution in [2.45, 2.75) is 63.8 Å². The molecule has 2 fully saturated rings. The van der Waals surface area contributed by atoms with E-state index in [-0.39, 0.29) is 5.91 Å². The van der Waals surface area contributed by atoms with Crippen molar-refractivity contribution in [3.05, 3.63) is 0 Å². The number of nitrogens with zero attached hydrogens (tertiary/aromatic N) is 1. The van der Waals surface area contributed by atoms with Crippen molar-refractivity contribution >= 4 is 23.9 Å². The summed E-state index contributed by atoms with van der Waals surface area (Å²) >= 11 is 0. The predicted octanol–water partition coefficient (Wildman–Crippen LogP) is 1.26. The number of rotatable bonds is 4. The Labute approximate surface area is 141 Å². The molecule has 2 aliphatic rings. The Morgan fingerprint density at radius 3 is 2.38 bits per heavy atom. The summed E-state index contributed by atoms with van der Waals surface area (Å²) in [6.07, 6.45) is 6.96. The van der Waals surface area contributed by atoms with Crippen LogP contribution in [0.5, 0.6) is 0 Å². The molecule has 24 heavy (non-hydrogen) atoms. The van der Waals surface area contributed by atoms with Crippen molar-refractivity contribution in [1.29, 1.82) is 0 Å². The highest BCUT2D eigenvalue weighted by Crippen LogP contribution is 2.31. The third-order valence-electron chi connectivity index (χ3n) is 4.54. The molecule has 1 aliphatic heterocycles. The second kappa shape index (κ2) is 8.12. The van der Waals surface area contributed by atoms with Crippen LogP contribution in [0.2, 0.25) is 0 Å². The van der Waals surface area contributed by atoms with Crippen LogP contribution in [0.15, 0.2) is 0 Å². The summed E-state index contributed by atoms with van der Waals surface area (Å²) in [5.41, 5.74) is -0.873. The molecular weight excluding hydrogens is 312 g/mol. The first-order valence-electron chi connectivity index (χ1n) is 8.70. The standard InChI is InChI=1S/C16H26N4O4/c1-2-10-17-14(23)18-12(21)11-20-13(22)16(19-15(20)24)8-6-4-3-5-7-9-16/h2-11H2,1H3,(H,19,24)(H2,17,18,21,23). The molecule has 6 amide bonds.